The summed E-state index contributed by atoms with van der Waals surface area (Å²) >= 11 is 0. The quantitative estimate of drug-likeness (QED) is 0.315. The van der Waals surface area contributed by atoms with Gasteiger partial charge in [0, 0.05) is 38.0 Å². The molecule has 1 heterocycles. The van der Waals surface area contributed by atoms with E-state index < -0.39 is 12.0 Å². The van der Waals surface area contributed by atoms with Crippen LogP contribution in [-0.4, -0.2) is 81.1 Å². The van der Waals surface area contributed by atoms with E-state index in [1.165, 1.54) is 4.90 Å². The summed E-state index contributed by atoms with van der Waals surface area (Å²) < 4.78 is 10.1. The molecular weight excluding hydrogens is 416 g/mol. The Labute approximate surface area is 188 Å². The van der Waals surface area contributed by atoms with Crippen molar-refractivity contribution in [2.75, 3.05) is 51.8 Å². The molecule has 0 spiro atoms. The average molecular weight is 449 g/mol. The van der Waals surface area contributed by atoms with Crippen LogP contribution in [0.4, 0.5) is 5.69 Å². The predicted molar refractivity (Wildman–Crippen MR) is 118 cm³/mol. The number of hydrogen-bond donors (Lipinski definition) is 3. The lowest BCUT2D eigenvalue weighted by atomic mass is 10.1. The van der Waals surface area contributed by atoms with Crippen molar-refractivity contribution in [3.8, 4) is 0 Å². The zero-order chi connectivity index (χ0) is 23.3. The molecule has 0 aliphatic carbocycles. The maximum atomic E-state index is 12.8. The van der Waals surface area contributed by atoms with Crippen LogP contribution in [0.3, 0.4) is 0 Å². The molecule has 0 radical (unpaired) electrons. The lowest BCUT2D eigenvalue weighted by Gasteiger charge is -2.34. The molecule has 1 aliphatic rings. The Kier molecular flexibility index (Phi) is 10.5. The van der Waals surface area contributed by atoms with Gasteiger partial charge in [-0.25, -0.2) is 0 Å². The summed E-state index contributed by atoms with van der Waals surface area (Å²) in [5.41, 5.74) is 1.04. The maximum absolute atomic E-state index is 12.8. The van der Waals surface area contributed by atoms with Gasteiger partial charge in [0.2, 0.25) is 11.8 Å². The zero-order valence-electron chi connectivity index (χ0n) is 18.6. The van der Waals surface area contributed by atoms with Crippen LogP contribution in [-0.2, 0) is 23.9 Å². The molecule has 0 bridgehead atoms. The number of amides is 3. The van der Waals surface area contributed by atoms with Gasteiger partial charge in [0.15, 0.2) is 0 Å². The first-order valence-corrected chi connectivity index (χ1v) is 10.8. The third-order valence-corrected chi connectivity index (χ3v) is 4.93. The SMILES string of the molecule is CCCCOC(=O)CC1C(=O)NCCN1C(=O)CNc1cccc(C(=O)NCCOC)c1. The summed E-state index contributed by atoms with van der Waals surface area (Å²) in [7, 11) is 1.56. The fourth-order valence-electron chi connectivity index (χ4n) is 3.18. The molecule has 1 atom stereocenters. The van der Waals surface area contributed by atoms with Gasteiger partial charge >= 0.3 is 5.97 Å². The van der Waals surface area contributed by atoms with Gasteiger partial charge < -0.3 is 30.3 Å². The molecule has 176 valence electrons. The smallest absolute Gasteiger partial charge is 0.308 e. The van der Waals surface area contributed by atoms with E-state index in [0.717, 1.165) is 12.8 Å². The fraction of sp³-hybridized carbons (Fsp3) is 0.545. The Balaban J connectivity index is 1.93. The zero-order valence-corrected chi connectivity index (χ0v) is 18.6. The molecule has 3 N–H and O–H groups in total. The highest BCUT2D eigenvalue weighted by Gasteiger charge is 2.34. The highest BCUT2D eigenvalue weighted by atomic mass is 16.5. The molecule has 1 aliphatic heterocycles. The molecule has 32 heavy (non-hydrogen) atoms. The summed E-state index contributed by atoms with van der Waals surface area (Å²) in [4.78, 5) is 50.7. The van der Waals surface area contributed by atoms with E-state index in [4.69, 9.17) is 9.47 Å². The topological polar surface area (TPSA) is 126 Å². The minimum Gasteiger partial charge on any atom is -0.466 e. The lowest BCUT2D eigenvalue weighted by Crippen LogP contribution is -2.58. The van der Waals surface area contributed by atoms with Crippen LogP contribution in [0.25, 0.3) is 0 Å². The van der Waals surface area contributed by atoms with Gasteiger partial charge in [0.05, 0.1) is 26.2 Å². The summed E-state index contributed by atoms with van der Waals surface area (Å²) in [5, 5.41) is 8.42. The van der Waals surface area contributed by atoms with Gasteiger partial charge in [-0.2, -0.15) is 0 Å². The van der Waals surface area contributed by atoms with E-state index in [1.54, 1.807) is 31.4 Å². The number of ether oxygens (including phenoxy) is 2. The van der Waals surface area contributed by atoms with Gasteiger partial charge in [-0.1, -0.05) is 19.4 Å². The molecule has 1 aromatic carbocycles. The van der Waals surface area contributed by atoms with Crippen molar-refractivity contribution in [1.82, 2.24) is 15.5 Å². The van der Waals surface area contributed by atoms with Crippen molar-refractivity contribution < 1.29 is 28.7 Å². The van der Waals surface area contributed by atoms with Gasteiger partial charge in [0.1, 0.15) is 6.04 Å². The van der Waals surface area contributed by atoms with Crippen LogP contribution in [0.5, 0.6) is 0 Å². The fourth-order valence-corrected chi connectivity index (χ4v) is 3.18. The van der Waals surface area contributed by atoms with Crippen molar-refractivity contribution in [3.05, 3.63) is 29.8 Å². The van der Waals surface area contributed by atoms with Gasteiger partial charge in [-0.3, -0.25) is 19.2 Å². The highest BCUT2D eigenvalue weighted by molar-refractivity contribution is 5.95. The molecule has 1 unspecified atom stereocenters. The van der Waals surface area contributed by atoms with E-state index >= 15 is 0 Å². The van der Waals surface area contributed by atoms with Crippen LogP contribution < -0.4 is 16.0 Å². The monoisotopic (exact) mass is 448 g/mol. The van der Waals surface area contributed by atoms with E-state index in [9.17, 15) is 19.2 Å². The van der Waals surface area contributed by atoms with Gasteiger partial charge in [0.25, 0.3) is 5.91 Å². The number of nitrogens with zero attached hydrogens (tertiary/aromatic N) is 1. The van der Waals surface area contributed by atoms with Crippen LogP contribution >= 0.6 is 0 Å². The minimum absolute atomic E-state index is 0.0800. The first kappa shape index (κ1) is 25.1. The second kappa shape index (κ2) is 13.3. The molecule has 3 amide bonds. The first-order valence-electron chi connectivity index (χ1n) is 10.8. The Hall–Kier alpha value is -3.14. The third-order valence-electron chi connectivity index (χ3n) is 4.93. The summed E-state index contributed by atoms with van der Waals surface area (Å²) in [5.74, 6) is -1.43. The third kappa shape index (κ3) is 7.84. The van der Waals surface area contributed by atoms with E-state index in [-0.39, 0.29) is 30.7 Å². The number of methoxy groups -OCH3 is 1. The summed E-state index contributed by atoms with van der Waals surface area (Å²) in [6, 6.07) is 5.86. The summed E-state index contributed by atoms with van der Waals surface area (Å²) in [6.07, 6.45) is 1.46. The van der Waals surface area contributed by atoms with Gasteiger partial charge in [-0.05, 0) is 24.6 Å². The number of carbonyl (C=O) groups excluding carboxylic acids is 4. The standard InChI is InChI=1S/C22H32N4O6/c1-3-4-11-32-20(28)14-18-22(30)23-8-10-26(18)19(27)15-25-17-7-5-6-16(13-17)21(29)24-9-12-31-2/h5-7,13,18,25H,3-4,8-12,14-15H2,1-2H3,(H,23,30)(H,24,29). The number of benzene rings is 1. The minimum atomic E-state index is -0.898. The number of piperazine rings is 1. The molecule has 1 saturated heterocycles. The average Bonchev–Trinajstić information content (AvgIpc) is 2.79. The predicted octanol–water partition coefficient (Wildman–Crippen LogP) is 0.535. The van der Waals surface area contributed by atoms with Crippen molar-refractivity contribution >= 4 is 29.4 Å². The molecule has 10 nitrogen and oxygen atoms in total. The molecule has 0 saturated carbocycles. The van der Waals surface area contributed by atoms with E-state index in [0.29, 0.717) is 44.1 Å². The first-order chi connectivity index (χ1) is 15.5. The number of esters is 1. The van der Waals surface area contributed by atoms with Crippen LogP contribution in [0.2, 0.25) is 0 Å². The second-order valence-electron chi connectivity index (χ2n) is 7.36. The largest absolute Gasteiger partial charge is 0.466 e. The van der Waals surface area contributed by atoms with E-state index in [2.05, 4.69) is 16.0 Å². The van der Waals surface area contributed by atoms with E-state index in [1.807, 2.05) is 6.92 Å². The number of nitrogens with one attached hydrogen (secondary N) is 3. The normalized spacial score (nSPS) is 15.6. The Morgan fingerprint density at radius 3 is 2.81 bits per heavy atom. The molecule has 1 fully saturated rings. The number of hydrogen-bond acceptors (Lipinski definition) is 7. The molecular formula is C22H32N4O6. The number of rotatable bonds is 12. The van der Waals surface area contributed by atoms with Crippen molar-refractivity contribution in [1.29, 1.82) is 0 Å². The maximum Gasteiger partial charge on any atom is 0.308 e. The Morgan fingerprint density at radius 2 is 2.06 bits per heavy atom. The molecule has 2 rings (SSSR count). The molecule has 10 heteroatoms. The number of unbranched alkanes of at least 4 members (excludes halogenated alkanes) is 1. The van der Waals surface area contributed by atoms with Crippen LogP contribution in [0.15, 0.2) is 24.3 Å². The molecule has 0 aromatic heterocycles. The molecule has 1 aromatic rings. The van der Waals surface area contributed by atoms with Gasteiger partial charge in [-0.15, -0.1) is 0 Å². The number of anilines is 1. The Morgan fingerprint density at radius 1 is 1.25 bits per heavy atom. The lowest BCUT2D eigenvalue weighted by molar-refractivity contribution is -0.151. The Bertz CT molecular complexity index is 800. The van der Waals surface area contributed by atoms with Crippen molar-refractivity contribution in [3.63, 3.8) is 0 Å². The van der Waals surface area contributed by atoms with Crippen LogP contribution in [0, 0.1) is 0 Å². The second-order valence-corrected chi connectivity index (χ2v) is 7.36. The summed E-state index contributed by atoms with van der Waals surface area (Å²) in [6.45, 7) is 3.64. The highest BCUT2D eigenvalue weighted by Crippen LogP contribution is 2.13. The van der Waals surface area contributed by atoms with Crippen LogP contribution in [0.1, 0.15) is 36.5 Å². The van der Waals surface area contributed by atoms with Crippen molar-refractivity contribution in [2.45, 2.75) is 32.2 Å². The van der Waals surface area contributed by atoms with Crippen molar-refractivity contribution in [2.24, 2.45) is 0 Å². The number of carbonyl (C=O) groups is 4.